The van der Waals surface area contributed by atoms with Gasteiger partial charge < -0.3 is 5.32 Å². The molecule has 0 aliphatic carbocycles. The number of sulfonamides is 1. The number of nitrogens with zero attached hydrogens (tertiary/aromatic N) is 1. The van der Waals surface area contributed by atoms with E-state index in [1.54, 1.807) is 29.4 Å². The highest BCUT2D eigenvalue weighted by Gasteiger charge is 2.25. The number of anilines is 1. The topological polar surface area (TPSA) is 66.5 Å². The van der Waals surface area contributed by atoms with Gasteiger partial charge in [0, 0.05) is 25.7 Å². The molecule has 6 heteroatoms. The highest BCUT2D eigenvalue weighted by molar-refractivity contribution is 7.89. The molecule has 0 radical (unpaired) electrons. The van der Waals surface area contributed by atoms with E-state index in [4.69, 9.17) is 0 Å². The minimum atomic E-state index is -3.43. The molecule has 1 aliphatic heterocycles. The van der Waals surface area contributed by atoms with Gasteiger partial charge in [0.2, 0.25) is 15.9 Å². The first kappa shape index (κ1) is 16.0. The summed E-state index contributed by atoms with van der Waals surface area (Å²) in [7, 11) is -3.43. The second-order valence-corrected chi connectivity index (χ2v) is 7.41. The number of rotatable bonds is 3. The molecular formula is C15H22N2O3S. The minimum absolute atomic E-state index is 0.166. The standard InChI is InChI=1S/C15H22N2O3S/c1-12-11-14(7-8-15(12)16-13(2)18)21(19,20)17-9-5-3-4-6-10-17/h7-8,11H,3-6,9-10H2,1-2H3,(H,16,18). The van der Waals surface area contributed by atoms with Gasteiger partial charge in [-0.1, -0.05) is 12.8 Å². The Kier molecular flexibility index (Phi) is 5.00. The second kappa shape index (κ2) is 6.58. The molecule has 0 aromatic heterocycles. The Labute approximate surface area is 126 Å². The molecule has 0 bridgehead atoms. The van der Waals surface area contributed by atoms with Crippen LogP contribution in [0.15, 0.2) is 23.1 Å². The summed E-state index contributed by atoms with van der Waals surface area (Å²) in [4.78, 5) is 11.4. The minimum Gasteiger partial charge on any atom is -0.326 e. The fraction of sp³-hybridized carbons (Fsp3) is 0.533. The summed E-state index contributed by atoms with van der Waals surface area (Å²) in [6.07, 6.45) is 4.02. The normalized spacial score (nSPS) is 17.2. The summed E-state index contributed by atoms with van der Waals surface area (Å²) in [5.41, 5.74) is 1.40. The predicted octanol–water partition coefficient (Wildman–Crippen LogP) is 2.52. The lowest BCUT2D eigenvalue weighted by atomic mass is 10.2. The van der Waals surface area contributed by atoms with Gasteiger partial charge in [0.05, 0.1) is 4.90 Å². The third kappa shape index (κ3) is 3.83. The maximum Gasteiger partial charge on any atom is 0.243 e. The summed E-state index contributed by atoms with van der Waals surface area (Å²) in [5, 5.41) is 2.69. The molecule has 0 atom stereocenters. The van der Waals surface area contributed by atoms with Gasteiger partial charge in [-0.3, -0.25) is 4.79 Å². The molecule has 2 rings (SSSR count). The zero-order chi connectivity index (χ0) is 15.5. The monoisotopic (exact) mass is 310 g/mol. The Morgan fingerprint density at radius 1 is 1.14 bits per heavy atom. The van der Waals surface area contributed by atoms with Crippen molar-refractivity contribution in [2.45, 2.75) is 44.4 Å². The van der Waals surface area contributed by atoms with Gasteiger partial charge >= 0.3 is 0 Å². The van der Waals surface area contributed by atoms with Crippen molar-refractivity contribution in [3.63, 3.8) is 0 Å². The van der Waals surface area contributed by atoms with Crippen molar-refractivity contribution in [3.05, 3.63) is 23.8 Å². The van der Waals surface area contributed by atoms with Crippen molar-refractivity contribution in [1.82, 2.24) is 4.31 Å². The molecule has 0 spiro atoms. The largest absolute Gasteiger partial charge is 0.326 e. The van der Waals surface area contributed by atoms with E-state index in [9.17, 15) is 13.2 Å². The van der Waals surface area contributed by atoms with E-state index in [0.29, 0.717) is 23.7 Å². The van der Waals surface area contributed by atoms with Crippen LogP contribution in [-0.2, 0) is 14.8 Å². The number of benzene rings is 1. The van der Waals surface area contributed by atoms with Crippen LogP contribution in [0.3, 0.4) is 0 Å². The van der Waals surface area contributed by atoms with Crippen molar-refractivity contribution in [2.24, 2.45) is 0 Å². The van der Waals surface area contributed by atoms with E-state index in [0.717, 1.165) is 31.2 Å². The molecule has 1 aliphatic rings. The number of nitrogens with one attached hydrogen (secondary N) is 1. The Bertz CT molecular complexity index is 618. The Balaban J connectivity index is 2.27. The lowest BCUT2D eigenvalue weighted by Crippen LogP contribution is -2.32. The molecule has 1 aromatic carbocycles. The summed E-state index contributed by atoms with van der Waals surface area (Å²) in [6, 6.07) is 4.85. The summed E-state index contributed by atoms with van der Waals surface area (Å²) >= 11 is 0. The lowest BCUT2D eigenvalue weighted by molar-refractivity contribution is -0.114. The van der Waals surface area contributed by atoms with Gasteiger partial charge in [-0.15, -0.1) is 0 Å². The van der Waals surface area contributed by atoms with Crippen LogP contribution in [0.25, 0.3) is 0 Å². The van der Waals surface area contributed by atoms with E-state index in [-0.39, 0.29) is 5.91 Å². The van der Waals surface area contributed by atoms with Gasteiger partial charge in [0.25, 0.3) is 0 Å². The quantitative estimate of drug-likeness (QED) is 0.933. The van der Waals surface area contributed by atoms with Gasteiger partial charge in [-0.25, -0.2) is 8.42 Å². The zero-order valence-electron chi connectivity index (χ0n) is 12.6. The lowest BCUT2D eigenvalue weighted by Gasteiger charge is -2.20. The first-order chi connectivity index (χ1) is 9.91. The Morgan fingerprint density at radius 3 is 2.29 bits per heavy atom. The smallest absolute Gasteiger partial charge is 0.243 e. The molecule has 21 heavy (non-hydrogen) atoms. The van der Waals surface area contributed by atoms with Crippen molar-refractivity contribution in [3.8, 4) is 0 Å². The number of hydrogen-bond acceptors (Lipinski definition) is 3. The van der Waals surface area contributed by atoms with Gasteiger partial charge in [-0.05, 0) is 43.5 Å². The first-order valence-electron chi connectivity index (χ1n) is 7.29. The third-order valence-corrected chi connectivity index (χ3v) is 5.61. The SMILES string of the molecule is CC(=O)Nc1ccc(S(=O)(=O)N2CCCCCC2)cc1C. The van der Waals surface area contributed by atoms with Crippen molar-refractivity contribution in [2.75, 3.05) is 18.4 Å². The van der Waals surface area contributed by atoms with E-state index < -0.39 is 10.0 Å². The molecule has 116 valence electrons. The molecule has 1 heterocycles. The highest BCUT2D eigenvalue weighted by atomic mass is 32.2. The summed E-state index contributed by atoms with van der Waals surface area (Å²) in [6.45, 7) is 4.41. The fourth-order valence-corrected chi connectivity index (χ4v) is 4.16. The number of hydrogen-bond donors (Lipinski definition) is 1. The predicted molar refractivity (Wildman–Crippen MR) is 82.7 cm³/mol. The van der Waals surface area contributed by atoms with Crippen LogP contribution in [0, 0.1) is 6.92 Å². The van der Waals surface area contributed by atoms with Crippen molar-refractivity contribution in [1.29, 1.82) is 0 Å². The summed E-state index contributed by atoms with van der Waals surface area (Å²) < 4.78 is 26.9. The second-order valence-electron chi connectivity index (χ2n) is 5.48. The van der Waals surface area contributed by atoms with Crippen LogP contribution < -0.4 is 5.32 Å². The Morgan fingerprint density at radius 2 is 1.76 bits per heavy atom. The maximum atomic E-state index is 12.7. The molecule has 1 aromatic rings. The molecule has 5 nitrogen and oxygen atoms in total. The van der Waals surface area contributed by atoms with Crippen LogP contribution in [0.1, 0.15) is 38.2 Å². The third-order valence-electron chi connectivity index (χ3n) is 3.71. The van der Waals surface area contributed by atoms with Crippen LogP contribution in [0.4, 0.5) is 5.69 Å². The van der Waals surface area contributed by atoms with Crippen LogP contribution in [0.5, 0.6) is 0 Å². The van der Waals surface area contributed by atoms with Crippen molar-refractivity contribution < 1.29 is 13.2 Å². The average molecular weight is 310 g/mol. The number of carbonyl (C=O) groups excluding carboxylic acids is 1. The molecule has 1 amide bonds. The number of aryl methyl sites for hydroxylation is 1. The molecular weight excluding hydrogens is 288 g/mol. The van der Waals surface area contributed by atoms with Gasteiger partial charge in [-0.2, -0.15) is 4.31 Å². The van der Waals surface area contributed by atoms with Crippen LogP contribution >= 0.6 is 0 Å². The van der Waals surface area contributed by atoms with E-state index in [1.807, 2.05) is 0 Å². The first-order valence-corrected chi connectivity index (χ1v) is 8.73. The highest BCUT2D eigenvalue weighted by Crippen LogP contribution is 2.24. The van der Waals surface area contributed by atoms with E-state index in [2.05, 4.69) is 5.32 Å². The summed E-state index contributed by atoms with van der Waals surface area (Å²) in [5.74, 6) is -0.166. The maximum absolute atomic E-state index is 12.7. The number of carbonyl (C=O) groups is 1. The number of amides is 1. The Hall–Kier alpha value is -1.40. The molecule has 0 unspecified atom stereocenters. The van der Waals surface area contributed by atoms with Crippen LogP contribution in [-0.4, -0.2) is 31.7 Å². The van der Waals surface area contributed by atoms with E-state index in [1.165, 1.54) is 6.92 Å². The van der Waals surface area contributed by atoms with Gasteiger partial charge in [0.1, 0.15) is 0 Å². The zero-order valence-corrected chi connectivity index (χ0v) is 13.4. The fourth-order valence-electron chi connectivity index (χ4n) is 2.56. The van der Waals surface area contributed by atoms with Crippen molar-refractivity contribution >= 4 is 21.6 Å². The molecule has 0 saturated carbocycles. The molecule has 1 N–H and O–H groups in total. The van der Waals surface area contributed by atoms with Gasteiger partial charge in [0.15, 0.2) is 0 Å². The molecule has 1 fully saturated rings. The van der Waals surface area contributed by atoms with E-state index >= 15 is 0 Å². The average Bonchev–Trinajstić information content (AvgIpc) is 2.69. The van der Waals surface area contributed by atoms with Crippen LogP contribution in [0.2, 0.25) is 0 Å². The molecule has 1 saturated heterocycles.